The van der Waals surface area contributed by atoms with Gasteiger partial charge in [-0.25, -0.2) is 4.79 Å². The van der Waals surface area contributed by atoms with E-state index in [1.807, 2.05) is 74.7 Å². The van der Waals surface area contributed by atoms with Crippen LogP contribution in [-0.2, 0) is 16.1 Å². The molecule has 2 aromatic heterocycles. The van der Waals surface area contributed by atoms with E-state index in [1.54, 1.807) is 13.0 Å². The first kappa shape index (κ1) is 24.0. The normalized spacial score (nSPS) is 11.2. The zero-order chi connectivity index (χ0) is 24.1. The van der Waals surface area contributed by atoms with Gasteiger partial charge in [0.1, 0.15) is 16.6 Å². The number of hydrogen-bond acceptors (Lipinski definition) is 5. The Morgan fingerprint density at radius 2 is 1.88 bits per heavy atom. The van der Waals surface area contributed by atoms with E-state index < -0.39 is 5.91 Å². The molecule has 33 heavy (non-hydrogen) atoms. The van der Waals surface area contributed by atoms with Crippen LogP contribution in [0.25, 0.3) is 11.1 Å². The molecular weight excluding hydrogens is 434 g/mol. The molecule has 170 valence electrons. The fourth-order valence-electron chi connectivity index (χ4n) is 3.63. The molecule has 3 rings (SSSR count). The lowest BCUT2D eigenvalue weighted by Crippen LogP contribution is -2.23. The van der Waals surface area contributed by atoms with Crippen molar-refractivity contribution in [3.63, 3.8) is 0 Å². The minimum atomic E-state index is -0.429. The number of aromatic nitrogens is 1. The average molecular weight is 462 g/mol. The number of carbonyl (C=O) groups is 2. The number of rotatable bonds is 7. The molecule has 1 amide bonds. The van der Waals surface area contributed by atoms with Crippen LogP contribution in [-0.4, -0.2) is 23.1 Å². The van der Waals surface area contributed by atoms with E-state index in [-0.39, 0.29) is 11.5 Å². The zero-order valence-corrected chi connectivity index (χ0v) is 20.3. The molecule has 0 saturated heterocycles. The van der Waals surface area contributed by atoms with Gasteiger partial charge in [0.05, 0.1) is 12.2 Å². The van der Waals surface area contributed by atoms with Crippen molar-refractivity contribution < 1.29 is 14.3 Å². The number of hydrogen-bond donors (Lipinski definition) is 1. The maximum absolute atomic E-state index is 12.7. The lowest BCUT2D eigenvalue weighted by Gasteiger charge is -2.11. The van der Waals surface area contributed by atoms with Crippen LogP contribution in [0.5, 0.6) is 0 Å². The molecule has 0 aliphatic carbocycles. The number of esters is 1. The summed E-state index contributed by atoms with van der Waals surface area (Å²) < 4.78 is 7.28. The predicted molar refractivity (Wildman–Crippen MR) is 130 cm³/mol. The van der Waals surface area contributed by atoms with E-state index in [2.05, 4.69) is 5.32 Å². The maximum Gasteiger partial charge on any atom is 0.341 e. The van der Waals surface area contributed by atoms with E-state index >= 15 is 0 Å². The number of carbonyl (C=O) groups excluding carboxylic acids is 2. The number of ether oxygens (including phenoxy) is 1. The predicted octanol–water partition coefficient (Wildman–Crippen LogP) is 5.17. The van der Waals surface area contributed by atoms with Crippen LogP contribution in [0.1, 0.15) is 50.2 Å². The van der Waals surface area contributed by atoms with Crippen molar-refractivity contribution in [1.29, 1.82) is 5.26 Å². The number of thiophene rings is 1. The Balaban J connectivity index is 1.96. The van der Waals surface area contributed by atoms with Crippen molar-refractivity contribution in [2.24, 2.45) is 0 Å². The monoisotopic (exact) mass is 461 g/mol. The Morgan fingerprint density at radius 3 is 2.52 bits per heavy atom. The van der Waals surface area contributed by atoms with Crippen LogP contribution < -0.4 is 5.32 Å². The van der Waals surface area contributed by atoms with Crippen molar-refractivity contribution >= 4 is 29.3 Å². The molecule has 6 nitrogen and oxygen atoms in total. The third kappa shape index (κ3) is 5.07. The summed E-state index contributed by atoms with van der Waals surface area (Å²) in [5.74, 6) is -0.780. The van der Waals surface area contributed by atoms with Gasteiger partial charge in [-0.15, -0.1) is 11.3 Å². The second-order valence-corrected chi connectivity index (χ2v) is 8.89. The molecule has 1 N–H and O–H groups in total. The Kier molecular flexibility index (Phi) is 7.52. The number of nitrogens with one attached hydrogen (secondary N) is 1. The van der Waals surface area contributed by atoms with Crippen molar-refractivity contribution in [2.75, 3.05) is 6.61 Å². The van der Waals surface area contributed by atoms with Gasteiger partial charge in [0.2, 0.25) is 0 Å². The van der Waals surface area contributed by atoms with Crippen molar-refractivity contribution in [2.45, 2.75) is 41.2 Å². The number of aryl methyl sites for hydroxylation is 2. The smallest absolute Gasteiger partial charge is 0.341 e. The molecular formula is C26H27N3O3S. The number of benzene rings is 1. The summed E-state index contributed by atoms with van der Waals surface area (Å²) in [5, 5.41) is 13.2. The van der Waals surface area contributed by atoms with E-state index in [4.69, 9.17) is 4.74 Å². The first-order valence-corrected chi connectivity index (χ1v) is 11.5. The van der Waals surface area contributed by atoms with Gasteiger partial charge < -0.3 is 14.6 Å². The summed E-state index contributed by atoms with van der Waals surface area (Å²) in [7, 11) is 0. The quantitative estimate of drug-likeness (QED) is 0.299. The molecule has 0 radical (unpaired) electrons. The van der Waals surface area contributed by atoms with E-state index in [1.165, 1.54) is 11.3 Å². The van der Waals surface area contributed by atoms with Crippen LogP contribution >= 0.6 is 11.3 Å². The molecule has 0 aliphatic heterocycles. The average Bonchev–Trinajstić information content (AvgIpc) is 3.24. The summed E-state index contributed by atoms with van der Waals surface area (Å²) in [5.41, 5.74) is 4.91. The van der Waals surface area contributed by atoms with E-state index in [9.17, 15) is 14.9 Å². The highest BCUT2D eigenvalue weighted by Crippen LogP contribution is 2.35. The van der Waals surface area contributed by atoms with Crippen LogP contribution in [0.4, 0.5) is 0 Å². The largest absolute Gasteiger partial charge is 0.462 e. The summed E-state index contributed by atoms with van der Waals surface area (Å²) in [6.07, 6.45) is 1.59. The maximum atomic E-state index is 12.7. The Hall–Kier alpha value is -3.63. The lowest BCUT2D eigenvalue weighted by molar-refractivity contribution is -0.117. The third-order valence-corrected chi connectivity index (χ3v) is 6.67. The summed E-state index contributed by atoms with van der Waals surface area (Å²) in [4.78, 5) is 26.3. The van der Waals surface area contributed by atoms with Crippen molar-refractivity contribution in [3.05, 3.63) is 80.5 Å². The highest BCUT2D eigenvalue weighted by molar-refractivity contribution is 7.15. The van der Waals surface area contributed by atoms with Gasteiger partial charge in [-0.2, -0.15) is 5.26 Å². The molecule has 0 unspecified atom stereocenters. The topological polar surface area (TPSA) is 84.1 Å². The molecule has 7 heteroatoms. The molecule has 0 saturated carbocycles. The molecule has 1 aromatic carbocycles. The summed E-state index contributed by atoms with van der Waals surface area (Å²) >= 11 is 1.52. The second kappa shape index (κ2) is 10.3. The van der Waals surface area contributed by atoms with Gasteiger partial charge in [-0.1, -0.05) is 30.3 Å². The number of nitriles is 1. The van der Waals surface area contributed by atoms with E-state index in [0.29, 0.717) is 18.7 Å². The molecule has 2 heterocycles. The first-order valence-electron chi connectivity index (χ1n) is 10.7. The number of amides is 1. The molecule has 0 bridgehead atoms. The van der Waals surface area contributed by atoms with Gasteiger partial charge in [0.15, 0.2) is 0 Å². The molecule has 0 fully saturated rings. The Morgan fingerprint density at radius 1 is 1.18 bits per heavy atom. The highest BCUT2D eigenvalue weighted by Gasteiger charge is 2.24. The second-order valence-electron chi connectivity index (χ2n) is 7.68. The number of nitrogens with zero attached hydrogens (tertiary/aromatic N) is 2. The molecule has 0 atom stereocenters. The summed E-state index contributed by atoms with van der Waals surface area (Å²) in [6, 6.07) is 13.5. The fourth-order valence-corrected chi connectivity index (χ4v) is 4.89. The summed E-state index contributed by atoms with van der Waals surface area (Å²) in [6.45, 7) is 10.2. The Bertz CT molecular complexity index is 1260. The van der Waals surface area contributed by atoms with Crippen LogP contribution in [0.2, 0.25) is 0 Å². The third-order valence-electron chi connectivity index (χ3n) is 5.48. The van der Waals surface area contributed by atoms with Gasteiger partial charge in [-0.05, 0) is 63.5 Å². The van der Waals surface area contributed by atoms with Gasteiger partial charge >= 0.3 is 5.97 Å². The molecule has 0 aliphatic rings. The van der Waals surface area contributed by atoms with Gasteiger partial charge in [0, 0.05) is 22.8 Å². The minimum absolute atomic E-state index is 0.0235. The van der Waals surface area contributed by atoms with Gasteiger partial charge in [0.25, 0.3) is 5.91 Å². The van der Waals surface area contributed by atoms with Gasteiger partial charge in [-0.3, -0.25) is 4.79 Å². The first-order chi connectivity index (χ1) is 15.8. The van der Waals surface area contributed by atoms with Crippen LogP contribution in [0, 0.1) is 39.0 Å². The Labute approximate surface area is 198 Å². The molecule has 3 aromatic rings. The van der Waals surface area contributed by atoms with Crippen LogP contribution in [0.15, 0.2) is 42.0 Å². The lowest BCUT2D eigenvalue weighted by atomic mass is 10.1. The van der Waals surface area contributed by atoms with Crippen molar-refractivity contribution in [1.82, 2.24) is 9.88 Å². The molecule has 0 spiro atoms. The van der Waals surface area contributed by atoms with Crippen molar-refractivity contribution in [3.8, 4) is 11.1 Å². The van der Waals surface area contributed by atoms with E-state index in [0.717, 1.165) is 38.0 Å². The zero-order valence-electron chi connectivity index (χ0n) is 19.5. The minimum Gasteiger partial charge on any atom is -0.462 e. The fraction of sp³-hybridized carbons (Fsp3) is 0.269. The standard InChI is InChI=1S/C26H27N3O3S/c1-6-32-26(31)23-17(3)19(5)33-25(23)29-16(2)12-21(18(29)4)13-22(14-27)24(30)28-15-20-10-8-7-9-11-20/h7-13H,6,15H2,1-5H3,(H,28,30)/b22-13-. The van der Waals surface area contributed by atoms with Crippen LogP contribution in [0.3, 0.4) is 0 Å². The SMILES string of the molecule is CCOC(=O)c1c(-n2c(C)cc(/C=C(/C#N)C(=O)NCc3ccccc3)c2C)sc(C)c1C. The highest BCUT2D eigenvalue weighted by atomic mass is 32.1.